The summed E-state index contributed by atoms with van der Waals surface area (Å²) in [4.78, 5) is 17.9. The van der Waals surface area contributed by atoms with Crippen LogP contribution in [0.3, 0.4) is 0 Å². The van der Waals surface area contributed by atoms with E-state index in [-0.39, 0.29) is 19.1 Å². The van der Waals surface area contributed by atoms with Crippen LogP contribution >= 0.6 is 0 Å². The summed E-state index contributed by atoms with van der Waals surface area (Å²) in [6.45, 7) is 6.69. The lowest BCUT2D eigenvalue weighted by molar-refractivity contribution is -0.146. The van der Waals surface area contributed by atoms with Crippen molar-refractivity contribution in [2.45, 2.75) is 19.6 Å². The first-order chi connectivity index (χ1) is 16.7. The second-order valence-electron chi connectivity index (χ2n) is 7.67. The predicted molar refractivity (Wildman–Crippen MR) is 135 cm³/mol. The Hall–Kier alpha value is -3.70. The third kappa shape index (κ3) is 6.90. The van der Waals surface area contributed by atoms with Gasteiger partial charge in [0.25, 0.3) is 0 Å². The standard InChI is InChI=1S/C29H31NO4/c1-4-23(21-33-20-22-16-18-26(32-3)19-17-22)28(29(31)34-5-2)30-27(24-12-8-6-9-13-24)25-14-10-7-11-15-25/h4,6-19,23,28H,1,5,20-21H2,2-3H3/t23-,28+/m1/s1. The molecule has 0 amide bonds. The van der Waals surface area contributed by atoms with Crippen molar-refractivity contribution in [3.05, 3.63) is 114 Å². The molecule has 0 unspecified atom stereocenters. The molecule has 0 bridgehead atoms. The number of carbonyl (C=O) groups excluding carboxylic acids is 1. The average molecular weight is 458 g/mol. The number of methoxy groups -OCH3 is 1. The normalized spacial score (nSPS) is 12.3. The van der Waals surface area contributed by atoms with E-state index < -0.39 is 12.0 Å². The fraction of sp³-hybridized carbons (Fsp3) is 0.241. The number of nitrogens with zero attached hydrogens (tertiary/aromatic N) is 1. The molecular formula is C29H31NO4. The van der Waals surface area contributed by atoms with Gasteiger partial charge in [0.1, 0.15) is 5.75 Å². The predicted octanol–water partition coefficient (Wildman–Crippen LogP) is 5.48. The van der Waals surface area contributed by atoms with Crippen LogP contribution in [-0.4, -0.2) is 38.0 Å². The molecule has 3 aromatic carbocycles. The van der Waals surface area contributed by atoms with E-state index >= 15 is 0 Å². The maximum Gasteiger partial charge on any atom is 0.331 e. The molecular weight excluding hydrogens is 426 g/mol. The maximum atomic E-state index is 13.0. The van der Waals surface area contributed by atoms with Gasteiger partial charge in [-0.05, 0) is 24.6 Å². The molecule has 0 N–H and O–H groups in total. The summed E-state index contributed by atoms with van der Waals surface area (Å²) in [7, 11) is 1.63. The molecule has 5 heteroatoms. The molecule has 0 aliphatic rings. The first-order valence-corrected chi connectivity index (χ1v) is 11.3. The molecule has 0 spiro atoms. The zero-order chi connectivity index (χ0) is 24.2. The SMILES string of the molecule is C=C[C@H](COCc1ccc(OC)cc1)[C@H](N=C(c1ccccc1)c1ccccc1)C(=O)OCC. The van der Waals surface area contributed by atoms with Gasteiger partial charge in [-0.1, -0.05) is 78.9 Å². The van der Waals surface area contributed by atoms with E-state index in [0.717, 1.165) is 28.2 Å². The van der Waals surface area contributed by atoms with Gasteiger partial charge < -0.3 is 14.2 Å². The van der Waals surface area contributed by atoms with Gasteiger partial charge in [-0.2, -0.15) is 0 Å². The summed E-state index contributed by atoms with van der Waals surface area (Å²) in [5, 5.41) is 0. The molecule has 3 rings (SSSR count). The highest BCUT2D eigenvalue weighted by atomic mass is 16.5. The topological polar surface area (TPSA) is 57.1 Å². The number of benzene rings is 3. The van der Waals surface area contributed by atoms with Crippen molar-refractivity contribution < 1.29 is 19.0 Å². The number of rotatable bonds is 12. The first-order valence-electron chi connectivity index (χ1n) is 11.3. The summed E-state index contributed by atoms with van der Waals surface area (Å²) >= 11 is 0. The smallest absolute Gasteiger partial charge is 0.331 e. The summed E-state index contributed by atoms with van der Waals surface area (Å²) in [6, 6.07) is 26.5. The van der Waals surface area contributed by atoms with E-state index in [1.165, 1.54) is 0 Å². The molecule has 0 fully saturated rings. The molecule has 2 atom stereocenters. The highest BCUT2D eigenvalue weighted by molar-refractivity contribution is 6.13. The van der Waals surface area contributed by atoms with Gasteiger partial charge in [0.05, 0.1) is 32.6 Å². The minimum Gasteiger partial charge on any atom is -0.497 e. The van der Waals surface area contributed by atoms with E-state index in [2.05, 4.69) is 6.58 Å². The van der Waals surface area contributed by atoms with Gasteiger partial charge in [0.15, 0.2) is 6.04 Å². The lowest BCUT2D eigenvalue weighted by Gasteiger charge is -2.21. The quantitative estimate of drug-likeness (QED) is 0.205. The van der Waals surface area contributed by atoms with E-state index in [1.54, 1.807) is 20.1 Å². The van der Waals surface area contributed by atoms with Crippen molar-refractivity contribution in [3.8, 4) is 5.75 Å². The monoisotopic (exact) mass is 457 g/mol. The molecule has 0 aliphatic heterocycles. The fourth-order valence-corrected chi connectivity index (χ4v) is 3.52. The van der Waals surface area contributed by atoms with Crippen LogP contribution in [0.5, 0.6) is 5.75 Å². The molecule has 3 aromatic rings. The summed E-state index contributed by atoms with van der Waals surface area (Å²) < 4.78 is 16.5. The summed E-state index contributed by atoms with van der Waals surface area (Å²) in [5.41, 5.74) is 3.57. The Balaban J connectivity index is 1.87. The van der Waals surface area contributed by atoms with E-state index in [1.807, 2.05) is 84.9 Å². The summed E-state index contributed by atoms with van der Waals surface area (Å²) in [6.07, 6.45) is 1.71. The van der Waals surface area contributed by atoms with Gasteiger partial charge >= 0.3 is 5.97 Å². The third-order valence-corrected chi connectivity index (χ3v) is 5.34. The Bertz CT molecular complexity index is 1020. The number of hydrogen-bond donors (Lipinski definition) is 0. The molecule has 0 radical (unpaired) electrons. The van der Waals surface area contributed by atoms with Crippen LogP contribution in [0.25, 0.3) is 0 Å². The third-order valence-electron chi connectivity index (χ3n) is 5.34. The number of carbonyl (C=O) groups is 1. The lowest BCUT2D eigenvalue weighted by Crippen LogP contribution is -2.33. The van der Waals surface area contributed by atoms with Crippen molar-refractivity contribution in [3.63, 3.8) is 0 Å². The number of aliphatic imine (C=N–C) groups is 1. The van der Waals surface area contributed by atoms with Crippen molar-refractivity contribution in [1.82, 2.24) is 0 Å². The molecule has 0 saturated carbocycles. The Kier molecular flexibility index (Phi) is 9.62. The van der Waals surface area contributed by atoms with E-state index in [4.69, 9.17) is 19.2 Å². The van der Waals surface area contributed by atoms with Gasteiger partial charge in [0.2, 0.25) is 0 Å². The Morgan fingerprint density at radius 2 is 1.53 bits per heavy atom. The van der Waals surface area contributed by atoms with Crippen LogP contribution < -0.4 is 4.74 Å². The van der Waals surface area contributed by atoms with Gasteiger partial charge in [0, 0.05) is 17.0 Å². The van der Waals surface area contributed by atoms with Crippen LogP contribution in [0, 0.1) is 5.92 Å². The Morgan fingerprint density at radius 3 is 2.03 bits per heavy atom. The van der Waals surface area contributed by atoms with Crippen LogP contribution in [-0.2, 0) is 20.9 Å². The fourth-order valence-electron chi connectivity index (χ4n) is 3.52. The van der Waals surface area contributed by atoms with Crippen molar-refractivity contribution in [2.24, 2.45) is 10.9 Å². The molecule has 34 heavy (non-hydrogen) atoms. The molecule has 0 heterocycles. The zero-order valence-corrected chi connectivity index (χ0v) is 19.7. The van der Waals surface area contributed by atoms with E-state index in [9.17, 15) is 4.79 Å². The molecule has 176 valence electrons. The first kappa shape index (κ1) is 24.9. The highest BCUT2D eigenvalue weighted by Gasteiger charge is 2.28. The molecule has 5 nitrogen and oxygen atoms in total. The summed E-state index contributed by atoms with van der Waals surface area (Å²) in [5.74, 6) is 0.0308. The highest BCUT2D eigenvalue weighted by Crippen LogP contribution is 2.19. The van der Waals surface area contributed by atoms with Gasteiger partial charge in [-0.15, -0.1) is 6.58 Å². The van der Waals surface area contributed by atoms with Crippen LogP contribution in [0.15, 0.2) is 103 Å². The molecule has 0 aromatic heterocycles. The van der Waals surface area contributed by atoms with Crippen LogP contribution in [0.1, 0.15) is 23.6 Å². The minimum atomic E-state index is -0.788. The number of ether oxygens (including phenoxy) is 3. The molecule has 0 aliphatic carbocycles. The number of hydrogen-bond acceptors (Lipinski definition) is 5. The average Bonchev–Trinajstić information content (AvgIpc) is 2.89. The van der Waals surface area contributed by atoms with Crippen molar-refractivity contribution in [1.29, 1.82) is 0 Å². The lowest BCUT2D eigenvalue weighted by atomic mass is 9.98. The Labute approximate surface area is 201 Å². The number of esters is 1. The van der Waals surface area contributed by atoms with Crippen molar-refractivity contribution in [2.75, 3.05) is 20.3 Å². The van der Waals surface area contributed by atoms with Crippen molar-refractivity contribution >= 4 is 11.7 Å². The Morgan fingerprint density at radius 1 is 0.941 bits per heavy atom. The minimum absolute atomic E-state index is 0.271. The zero-order valence-electron chi connectivity index (χ0n) is 19.7. The van der Waals surface area contributed by atoms with Crippen LogP contribution in [0.2, 0.25) is 0 Å². The second kappa shape index (κ2) is 13.1. The van der Waals surface area contributed by atoms with Crippen LogP contribution in [0.4, 0.5) is 0 Å². The maximum absolute atomic E-state index is 13.0. The van der Waals surface area contributed by atoms with Gasteiger partial charge in [-0.25, -0.2) is 4.79 Å². The molecule has 0 saturated heterocycles. The van der Waals surface area contributed by atoms with E-state index in [0.29, 0.717) is 6.61 Å². The van der Waals surface area contributed by atoms with Gasteiger partial charge in [-0.3, -0.25) is 4.99 Å². The largest absolute Gasteiger partial charge is 0.497 e. The second-order valence-corrected chi connectivity index (χ2v) is 7.67.